The highest BCUT2D eigenvalue weighted by atomic mass is 16.5. The minimum absolute atomic E-state index is 0.0476. The summed E-state index contributed by atoms with van der Waals surface area (Å²) in [6, 6.07) is 0. The Labute approximate surface area is 84.2 Å². The predicted molar refractivity (Wildman–Crippen MR) is 51.2 cm³/mol. The van der Waals surface area contributed by atoms with Gasteiger partial charge in [0.2, 0.25) is 0 Å². The fourth-order valence-corrected chi connectivity index (χ4v) is 2.02. The fraction of sp³-hybridized carbons (Fsp3) is 0.900. The van der Waals surface area contributed by atoms with Crippen molar-refractivity contribution in [3.05, 3.63) is 0 Å². The van der Waals surface area contributed by atoms with Gasteiger partial charge in [0.05, 0.1) is 6.10 Å². The number of hydrogen-bond donors (Lipinski definition) is 1. The van der Waals surface area contributed by atoms with Crippen LogP contribution in [0.4, 0.5) is 0 Å². The topological polar surface area (TPSA) is 55.8 Å². The number of ether oxygens (including phenoxy) is 2. The fourth-order valence-electron chi connectivity index (χ4n) is 2.02. The molecule has 0 aliphatic heterocycles. The SMILES string of the molecule is CCOC(C)C1(C(OC)C(=O)O)CC1. The lowest BCUT2D eigenvalue weighted by atomic mass is 9.93. The van der Waals surface area contributed by atoms with Crippen LogP contribution < -0.4 is 0 Å². The highest BCUT2D eigenvalue weighted by Gasteiger charge is 2.57. The Bertz CT molecular complexity index is 210. The van der Waals surface area contributed by atoms with Gasteiger partial charge in [-0.25, -0.2) is 4.79 Å². The van der Waals surface area contributed by atoms with Crippen molar-refractivity contribution in [1.82, 2.24) is 0 Å². The Morgan fingerprint density at radius 1 is 1.57 bits per heavy atom. The molecule has 0 radical (unpaired) electrons. The lowest BCUT2D eigenvalue weighted by molar-refractivity contribution is -0.158. The number of aliphatic carboxylic acids is 1. The Balaban J connectivity index is 2.67. The second kappa shape index (κ2) is 4.28. The van der Waals surface area contributed by atoms with Gasteiger partial charge in [0.1, 0.15) is 0 Å². The number of rotatable bonds is 6. The minimum Gasteiger partial charge on any atom is -0.479 e. The van der Waals surface area contributed by atoms with E-state index in [1.165, 1.54) is 7.11 Å². The molecule has 82 valence electrons. The van der Waals surface area contributed by atoms with Crippen LogP contribution in [0.3, 0.4) is 0 Å². The van der Waals surface area contributed by atoms with E-state index < -0.39 is 12.1 Å². The Morgan fingerprint density at radius 3 is 2.43 bits per heavy atom. The van der Waals surface area contributed by atoms with Crippen molar-refractivity contribution in [2.45, 2.75) is 38.9 Å². The van der Waals surface area contributed by atoms with E-state index in [-0.39, 0.29) is 11.5 Å². The summed E-state index contributed by atoms with van der Waals surface area (Å²) in [5, 5.41) is 8.99. The molecule has 4 nitrogen and oxygen atoms in total. The monoisotopic (exact) mass is 202 g/mol. The first-order valence-corrected chi connectivity index (χ1v) is 4.95. The molecule has 0 aromatic carbocycles. The molecule has 2 unspecified atom stereocenters. The number of methoxy groups -OCH3 is 1. The third-order valence-corrected chi connectivity index (χ3v) is 3.04. The zero-order chi connectivity index (χ0) is 10.8. The van der Waals surface area contributed by atoms with Gasteiger partial charge in [-0.1, -0.05) is 0 Å². The molecule has 1 N–H and O–H groups in total. The Kier molecular flexibility index (Phi) is 3.50. The largest absolute Gasteiger partial charge is 0.479 e. The molecular weight excluding hydrogens is 184 g/mol. The maximum absolute atomic E-state index is 10.9. The van der Waals surface area contributed by atoms with Crippen molar-refractivity contribution < 1.29 is 19.4 Å². The van der Waals surface area contributed by atoms with Crippen molar-refractivity contribution in [2.24, 2.45) is 5.41 Å². The molecule has 0 heterocycles. The highest BCUT2D eigenvalue weighted by molar-refractivity contribution is 5.74. The van der Waals surface area contributed by atoms with Gasteiger partial charge in [0, 0.05) is 19.1 Å². The van der Waals surface area contributed by atoms with Gasteiger partial charge in [0.15, 0.2) is 6.10 Å². The van der Waals surface area contributed by atoms with Gasteiger partial charge in [0.25, 0.3) is 0 Å². The van der Waals surface area contributed by atoms with Crippen LogP contribution in [-0.4, -0.2) is 37.0 Å². The van der Waals surface area contributed by atoms with E-state index in [2.05, 4.69) is 0 Å². The summed E-state index contributed by atoms with van der Waals surface area (Å²) in [7, 11) is 1.44. The average Bonchev–Trinajstić information content (AvgIpc) is 2.87. The molecule has 0 bridgehead atoms. The lowest BCUT2D eigenvalue weighted by Gasteiger charge is -2.27. The maximum atomic E-state index is 10.9. The standard InChI is InChI=1S/C10H18O4/c1-4-14-7(2)10(5-6-10)8(13-3)9(11)12/h7-8H,4-6H2,1-3H3,(H,11,12). The third kappa shape index (κ3) is 1.91. The lowest BCUT2D eigenvalue weighted by Crippen LogP contribution is -2.40. The van der Waals surface area contributed by atoms with Crippen molar-refractivity contribution in [3.63, 3.8) is 0 Å². The third-order valence-electron chi connectivity index (χ3n) is 3.04. The summed E-state index contributed by atoms with van der Waals surface area (Å²) >= 11 is 0. The average molecular weight is 202 g/mol. The smallest absolute Gasteiger partial charge is 0.333 e. The second-order valence-corrected chi connectivity index (χ2v) is 3.78. The van der Waals surface area contributed by atoms with Gasteiger partial charge in [-0.2, -0.15) is 0 Å². The van der Waals surface area contributed by atoms with Gasteiger partial charge in [-0.15, -0.1) is 0 Å². The molecule has 0 spiro atoms. The van der Waals surface area contributed by atoms with E-state index in [4.69, 9.17) is 14.6 Å². The van der Waals surface area contributed by atoms with E-state index >= 15 is 0 Å². The molecule has 0 aromatic rings. The van der Waals surface area contributed by atoms with E-state index in [0.29, 0.717) is 6.61 Å². The minimum atomic E-state index is -0.892. The normalized spacial score (nSPS) is 22.8. The molecule has 0 amide bonds. The van der Waals surface area contributed by atoms with Crippen LogP contribution >= 0.6 is 0 Å². The Hall–Kier alpha value is -0.610. The summed E-state index contributed by atoms with van der Waals surface area (Å²) in [4.78, 5) is 10.9. The molecule has 1 fully saturated rings. The quantitative estimate of drug-likeness (QED) is 0.705. The van der Waals surface area contributed by atoms with Gasteiger partial charge in [-0.3, -0.25) is 0 Å². The molecule has 1 rings (SSSR count). The summed E-state index contributed by atoms with van der Waals surface area (Å²) in [6.45, 7) is 4.44. The van der Waals surface area contributed by atoms with E-state index in [9.17, 15) is 4.79 Å². The van der Waals surface area contributed by atoms with Crippen LogP contribution in [-0.2, 0) is 14.3 Å². The molecule has 1 aliphatic carbocycles. The van der Waals surface area contributed by atoms with Crippen molar-refractivity contribution >= 4 is 5.97 Å². The second-order valence-electron chi connectivity index (χ2n) is 3.78. The first kappa shape index (κ1) is 11.5. The molecule has 2 atom stereocenters. The predicted octanol–water partition coefficient (Wildman–Crippen LogP) is 1.29. The number of carboxylic acids is 1. The van der Waals surface area contributed by atoms with Crippen molar-refractivity contribution in [1.29, 1.82) is 0 Å². The number of carboxylic acid groups (broad SMARTS) is 1. The summed E-state index contributed by atoms with van der Waals surface area (Å²) < 4.78 is 10.5. The first-order chi connectivity index (χ1) is 6.58. The van der Waals surface area contributed by atoms with Crippen LogP contribution in [0.2, 0.25) is 0 Å². The molecular formula is C10H18O4. The molecule has 1 aliphatic rings. The number of carbonyl (C=O) groups is 1. The molecule has 1 saturated carbocycles. The zero-order valence-corrected chi connectivity index (χ0v) is 8.95. The molecule has 0 aromatic heterocycles. The summed E-state index contributed by atoms with van der Waals surface area (Å²) in [6.07, 6.45) is 0.968. The van der Waals surface area contributed by atoms with Gasteiger partial charge < -0.3 is 14.6 Å². The zero-order valence-electron chi connectivity index (χ0n) is 8.95. The summed E-state index contributed by atoms with van der Waals surface area (Å²) in [5.74, 6) is -0.892. The molecule has 4 heteroatoms. The van der Waals surface area contributed by atoms with Crippen molar-refractivity contribution in [3.8, 4) is 0 Å². The highest BCUT2D eigenvalue weighted by Crippen LogP contribution is 2.53. The molecule has 0 saturated heterocycles. The van der Waals surface area contributed by atoms with Crippen LogP contribution in [0.15, 0.2) is 0 Å². The van der Waals surface area contributed by atoms with E-state index in [1.807, 2.05) is 13.8 Å². The van der Waals surface area contributed by atoms with E-state index in [0.717, 1.165) is 12.8 Å². The summed E-state index contributed by atoms with van der Waals surface area (Å²) in [5.41, 5.74) is -0.295. The molecule has 14 heavy (non-hydrogen) atoms. The van der Waals surface area contributed by atoms with Gasteiger partial charge in [-0.05, 0) is 26.7 Å². The van der Waals surface area contributed by atoms with Crippen LogP contribution in [0.5, 0.6) is 0 Å². The first-order valence-electron chi connectivity index (χ1n) is 4.95. The van der Waals surface area contributed by atoms with E-state index in [1.54, 1.807) is 0 Å². The Morgan fingerprint density at radius 2 is 2.14 bits per heavy atom. The van der Waals surface area contributed by atoms with Crippen LogP contribution in [0.25, 0.3) is 0 Å². The maximum Gasteiger partial charge on any atom is 0.333 e. The van der Waals surface area contributed by atoms with Gasteiger partial charge >= 0.3 is 5.97 Å². The van der Waals surface area contributed by atoms with Crippen LogP contribution in [0, 0.1) is 5.41 Å². The van der Waals surface area contributed by atoms with Crippen molar-refractivity contribution in [2.75, 3.05) is 13.7 Å². The van der Waals surface area contributed by atoms with Crippen LogP contribution in [0.1, 0.15) is 26.7 Å². The number of hydrogen-bond acceptors (Lipinski definition) is 3.